The van der Waals surface area contributed by atoms with E-state index in [1.54, 1.807) is 0 Å². The Morgan fingerprint density at radius 3 is 1.80 bits per heavy atom. The second kappa shape index (κ2) is 4.15. The summed E-state index contributed by atoms with van der Waals surface area (Å²) in [5, 5.41) is 0. The first-order valence-electron chi connectivity index (χ1n) is 3.80. The van der Waals surface area contributed by atoms with Crippen molar-refractivity contribution >= 4 is 0 Å². The summed E-state index contributed by atoms with van der Waals surface area (Å²) in [5.41, 5.74) is 2.72. The number of hydrogen-bond acceptors (Lipinski definition) is 0. The van der Waals surface area contributed by atoms with Crippen molar-refractivity contribution in [1.29, 1.82) is 0 Å². The molecule has 0 aromatic carbocycles. The summed E-state index contributed by atoms with van der Waals surface area (Å²) in [6.45, 7) is 8.24. The van der Waals surface area contributed by atoms with Crippen molar-refractivity contribution in [3.05, 3.63) is 23.5 Å². The normalized spacial score (nSPS) is 8.50. The summed E-state index contributed by atoms with van der Waals surface area (Å²) < 4.78 is 2.12. The molecule has 1 aromatic heterocycles. The lowest BCUT2D eigenvalue weighted by molar-refractivity contribution is 0.877. The Kier molecular flexibility index (Phi) is 3.85. The zero-order chi connectivity index (χ0) is 8.15. The first kappa shape index (κ1) is 9.28. The zero-order valence-corrected chi connectivity index (χ0v) is 7.60. The highest BCUT2D eigenvalue weighted by atomic mass is 14.9. The molecule has 1 nitrogen and oxygen atoms in total. The van der Waals surface area contributed by atoms with E-state index in [9.17, 15) is 0 Å². The van der Waals surface area contributed by atoms with Crippen LogP contribution in [0.25, 0.3) is 0 Å². The van der Waals surface area contributed by atoms with Gasteiger partial charge in [-0.2, -0.15) is 0 Å². The maximum Gasteiger partial charge on any atom is 0.0169 e. The molecule has 0 aliphatic rings. The highest BCUT2D eigenvalue weighted by molar-refractivity contribution is 5.17. The van der Waals surface area contributed by atoms with E-state index in [0.717, 1.165) is 0 Å². The first-order chi connectivity index (χ1) is 4.72. The maximum absolute atomic E-state index is 2.12. The van der Waals surface area contributed by atoms with Crippen LogP contribution in [0.1, 0.15) is 25.1 Å². The van der Waals surface area contributed by atoms with E-state index in [2.05, 4.69) is 37.7 Å². The average Bonchev–Trinajstić information content (AvgIpc) is 2.25. The highest BCUT2D eigenvalue weighted by Crippen LogP contribution is 2.04. The smallest absolute Gasteiger partial charge is 0.0169 e. The van der Waals surface area contributed by atoms with E-state index in [1.807, 2.05) is 13.8 Å². The van der Waals surface area contributed by atoms with Crippen molar-refractivity contribution in [2.45, 2.75) is 27.7 Å². The molecule has 0 unspecified atom stereocenters. The monoisotopic (exact) mass is 139 g/mol. The quantitative estimate of drug-likeness (QED) is 0.520. The van der Waals surface area contributed by atoms with Crippen LogP contribution < -0.4 is 0 Å². The fourth-order valence-corrected chi connectivity index (χ4v) is 0.734. The molecular formula is C9H17N. The van der Waals surface area contributed by atoms with Crippen molar-refractivity contribution in [3.63, 3.8) is 0 Å². The predicted octanol–water partition coefficient (Wildman–Crippen LogP) is 2.67. The standard InChI is InChI=1S/C7H11N.C2H6/c1-6-4-5-8(3)7(6)2;1-2/h4-5H,1-3H3;1-2H3. The van der Waals surface area contributed by atoms with Gasteiger partial charge in [-0.25, -0.2) is 0 Å². The molecule has 0 radical (unpaired) electrons. The van der Waals surface area contributed by atoms with Crippen LogP contribution in [0.15, 0.2) is 12.3 Å². The molecular weight excluding hydrogens is 122 g/mol. The summed E-state index contributed by atoms with van der Waals surface area (Å²) in [7, 11) is 2.06. The number of rotatable bonds is 0. The minimum Gasteiger partial charge on any atom is -0.354 e. The van der Waals surface area contributed by atoms with Crippen LogP contribution in [0, 0.1) is 13.8 Å². The van der Waals surface area contributed by atoms with Crippen molar-refractivity contribution < 1.29 is 0 Å². The van der Waals surface area contributed by atoms with Gasteiger partial charge in [0, 0.05) is 18.9 Å². The van der Waals surface area contributed by atoms with Gasteiger partial charge in [0.15, 0.2) is 0 Å². The van der Waals surface area contributed by atoms with Crippen LogP contribution >= 0.6 is 0 Å². The lowest BCUT2D eigenvalue weighted by Gasteiger charge is -1.93. The molecule has 1 rings (SSSR count). The lowest BCUT2D eigenvalue weighted by atomic mass is 10.3. The molecule has 10 heavy (non-hydrogen) atoms. The van der Waals surface area contributed by atoms with Gasteiger partial charge in [0.05, 0.1) is 0 Å². The van der Waals surface area contributed by atoms with Crippen LogP contribution in [-0.2, 0) is 7.05 Å². The number of aryl methyl sites for hydroxylation is 2. The van der Waals surface area contributed by atoms with Crippen molar-refractivity contribution in [2.24, 2.45) is 7.05 Å². The average molecular weight is 139 g/mol. The van der Waals surface area contributed by atoms with E-state index in [4.69, 9.17) is 0 Å². The molecule has 0 atom stereocenters. The van der Waals surface area contributed by atoms with Crippen LogP contribution in [0.3, 0.4) is 0 Å². The Bertz CT molecular complexity index is 167. The molecule has 0 bridgehead atoms. The molecule has 0 amide bonds. The third-order valence-electron chi connectivity index (χ3n) is 1.65. The van der Waals surface area contributed by atoms with Gasteiger partial charge >= 0.3 is 0 Å². The Balaban J connectivity index is 0.000000371. The zero-order valence-electron chi connectivity index (χ0n) is 7.60. The van der Waals surface area contributed by atoms with Crippen molar-refractivity contribution in [3.8, 4) is 0 Å². The Hall–Kier alpha value is -0.720. The van der Waals surface area contributed by atoms with Crippen LogP contribution in [0.4, 0.5) is 0 Å². The molecule has 0 aliphatic carbocycles. The van der Waals surface area contributed by atoms with E-state index < -0.39 is 0 Å². The van der Waals surface area contributed by atoms with Gasteiger partial charge in [-0.05, 0) is 25.5 Å². The second-order valence-corrected chi connectivity index (χ2v) is 2.20. The minimum absolute atomic E-state index is 1.35. The SMILES string of the molecule is CC.Cc1ccn(C)c1C. The summed E-state index contributed by atoms with van der Waals surface area (Å²) in [4.78, 5) is 0. The van der Waals surface area contributed by atoms with Gasteiger partial charge in [0.1, 0.15) is 0 Å². The molecule has 0 saturated heterocycles. The molecule has 1 heterocycles. The summed E-state index contributed by atoms with van der Waals surface area (Å²) in [5.74, 6) is 0. The molecule has 0 spiro atoms. The van der Waals surface area contributed by atoms with Gasteiger partial charge in [0.2, 0.25) is 0 Å². The molecule has 1 heteroatoms. The van der Waals surface area contributed by atoms with E-state index in [1.165, 1.54) is 11.3 Å². The van der Waals surface area contributed by atoms with Crippen LogP contribution in [0.2, 0.25) is 0 Å². The number of nitrogens with zero attached hydrogens (tertiary/aromatic N) is 1. The number of hydrogen-bond donors (Lipinski definition) is 0. The van der Waals surface area contributed by atoms with Gasteiger partial charge in [-0.1, -0.05) is 13.8 Å². The van der Waals surface area contributed by atoms with Crippen molar-refractivity contribution in [1.82, 2.24) is 4.57 Å². The van der Waals surface area contributed by atoms with Gasteiger partial charge in [-0.15, -0.1) is 0 Å². The fraction of sp³-hybridized carbons (Fsp3) is 0.556. The Morgan fingerprint density at radius 2 is 1.70 bits per heavy atom. The fourth-order valence-electron chi connectivity index (χ4n) is 0.734. The van der Waals surface area contributed by atoms with Gasteiger partial charge in [0.25, 0.3) is 0 Å². The molecule has 0 aliphatic heterocycles. The molecule has 0 fully saturated rings. The largest absolute Gasteiger partial charge is 0.354 e. The summed E-state index contributed by atoms with van der Waals surface area (Å²) in [6.07, 6.45) is 2.07. The number of aromatic nitrogens is 1. The van der Waals surface area contributed by atoms with E-state index in [0.29, 0.717) is 0 Å². The molecule has 58 valence electrons. The lowest BCUT2D eigenvalue weighted by Crippen LogP contribution is -1.87. The van der Waals surface area contributed by atoms with Gasteiger partial charge < -0.3 is 4.57 Å². The third kappa shape index (κ3) is 1.90. The topological polar surface area (TPSA) is 4.93 Å². The summed E-state index contributed by atoms with van der Waals surface area (Å²) in [6, 6.07) is 2.12. The van der Waals surface area contributed by atoms with Crippen molar-refractivity contribution in [2.75, 3.05) is 0 Å². The molecule has 1 aromatic rings. The van der Waals surface area contributed by atoms with E-state index in [-0.39, 0.29) is 0 Å². The van der Waals surface area contributed by atoms with E-state index >= 15 is 0 Å². The minimum atomic E-state index is 1.35. The molecule has 0 N–H and O–H groups in total. The van der Waals surface area contributed by atoms with Crippen LogP contribution in [0.5, 0.6) is 0 Å². The van der Waals surface area contributed by atoms with Crippen LogP contribution in [-0.4, -0.2) is 4.57 Å². The Morgan fingerprint density at radius 1 is 1.20 bits per heavy atom. The Labute approximate surface area is 63.7 Å². The third-order valence-corrected chi connectivity index (χ3v) is 1.65. The highest BCUT2D eigenvalue weighted by Gasteiger charge is 1.92. The molecule has 0 saturated carbocycles. The first-order valence-corrected chi connectivity index (χ1v) is 3.80. The second-order valence-electron chi connectivity index (χ2n) is 2.20. The predicted molar refractivity (Wildman–Crippen MR) is 46.2 cm³/mol. The van der Waals surface area contributed by atoms with Gasteiger partial charge in [-0.3, -0.25) is 0 Å². The maximum atomic E-state index is 2.12. The summed E-state index contributed by atoms with van der Waals surface area (Å²) >= 11 is 0.